The molecule has 0 aliphatic carbocycles. The van der Waals surface area contributed by atoms with Crippen LogP contribution in [0.25, 0.3) is 0 Å². The fourth-order valence-corrected chi connectivity index (χ4v) is 1.96. The van der Waals surface area contributed by atoms with Crippen LogP contribution in [0.2, 0.25) is 0 Å². The maximum atomic E-state index is 12.0. The first-order valence-corrected chi connectivity index (χ1v) is 6.53. The Balaban J connectivity index is 2.01. The molecule has 0 aliphatic rings. The van der Waals surface area contributed by atoms with Crippen LogP contribution < -0.4 is 5.32 Å². The highest BCUT2D eigenvalue weighted by atomic mass is 16.1. The standard InChI is InChI=1S/C15H16N4O/c1-2-4-14-17-7-8-19(14)11-15(20)18-13-6-3-5-12(9-13)10-16/h3,5-9H,2,4,11H2,1H3,(H,18,20). The van der Waals surface area contributed by atoms with Crippen LogP contribution in [-0.4, -0.2) is 15.5 Å². The molecule has 0 bridgehead atoms. The Morgan fingerprint density at radius 3 is 3.10 bits per heavy atom. The molecule has 0 saturated heterocycles. The van der Waals surface area contributed by atoms with Crippen molar-refractivity contribution < 1.29 is 4.79 Å². The summed E-state index contributed by atoms with van der Waals surface area (Å²) in [6.45, 7) is 2.30. The number of carbonyl (C=O) groups is 1. The van der Waals surface area contributed by atoms with E-state index in [-0.39, 0.29) is 12.5 Å². The number of amides is 1. The first-order valence-electron chi connectivity index (χ1n) is 6.53. The third-order valence-electron chi connectivity index (χ3n) is 2.86. The Labute approximate surface area is 117 Å². The van der Waals surface area contributed by atoms with Gasteiger partial charge in [-0.05, 0) is 24.6 Å². The van der Waals surface area contributed by atoms with E-state index in [0.717, 1.165) is 18.7 Å². The van der Waals surface area contributed by atoms with Crippen LogP contribution in [0.4, 0.5) is 5.69 Å². The smallest absolute Gasteiger partial charge is 0.244 e. The van der Waals surface area contributed by atoms with Crippen molar-refractivity contribution in [2.75, 3.05) is 5.32 Å². The summed E-state index contributed by atoms with van der Waals surface area (Å²) in [6.07, 6.45) is 5.35. The second-order valence-electron chi connectivity index (χ2n) is 4.46. The van der Waals surface area contributed by atoms with Gasteiger partial charge in [0, 0.05) is 24.5 Å². The van der Waals surface area contributed by atoms with Crippen molar-refractivity contribution in [1.29, 1.82) is 5.26 Å². The molecule has 0 saturated carbocycles. The number of imidazole rings is 1. The van der Waals surface area contributed by atoms with Gasteiger partial charge in [0.15, 0.2) is 0 Å². The number of aromatic nitrogens is 2. The summed E-state index contributed by atoms with van der Waals surface area (Å²) in [5.41, 5.74) is 1.16. The zero-order valence-electron chi connectivity index (χ0n) is 11.3. The molecule has 2 aromatic rings. The van der Waals surface area contributed by atoms with Crippen LogP contribution in [0.5, 0.6) is 0 Å². The Bertz CT molecular complexity index is 639. The lowest BCUT2D eigenvalue weighted by Gasteiger charge is -2.08. The first kappa shape index (κ1) is 13.8. The van der Waals surface area contributed by atoms with Crippen molar-refractivity contribution in [1.82, 2.24) is 9.55 Å². The number of nitriles is 1. The van der Waals surface area contributed by atoms with Gasteiger partial charge in [-0.2, -0.15) is 5.26 Å². The molecule has 5 nitrogen and oxygen atoms in total. The van der Waals surface area contributed by atoms with Crippen LogP contribution in [0.15, 0.2) is 36.7 Å². The number of carbonyl (C=O) groups excluding carboxylic acids is 1. The predicted molar refractivity (Wildman–Crippen MR) is 76.0 cm³/mol. The van der Waals surface area contributed by atoms with E-state index in [2.05, 4.69) is 17.2 Å². The van der Waals surface area contributed by atoms with E-state index in [1.165, 1.54) is 0 Å². The number of aryl methyl sites for hydroxylation is 1. The fourth-order valence-electron chi connectivity index (χ4n) is 1.96. The molecule has 20 heavy (non-hydrogen) atoms. The molecule has 1 aromatic carbocycles. The second kappa shape index (κ2) is 6.53. The summed E-state index contributed by atoms with van der Waals surface area (Å²) in [4.78, 5) is 16.2. The maximum absolute atomic E-state index is 12.0. The van der Waals surface area contributed by atoms with Gasteiger partial charge in [-0.3, -0.25) is 4.79 Å². The summed E-state index contributed by atoms with van der Waals surface area (Å²) >= 11 is 0. The molecule has 1 amide bonds. The van der Waals surface area contributed by atoms with E-state index in [0.29, 0.717) is 11.3 Å². The van der Waals surface area contributed by atoms with Crippen molar-refractivity contribution in [2.24, 2.45) is 0 Å². The predicted octanol–water partition coefficient (Wildman–Crippen LogP) is 2.35. The number of anilines is 1. The third kappa shape index (κ3) is 3.45. The highest BCUT2D eigenvalue weighted by Gasteiger charge is 2.07. The first-order chi connectivity index (χ1) is 9.72. The molecule has 0 radical (unpaired) electrons. The van der Waals surface area contributed by atoms with Crippen molar-refractivity contribution in [3.05, 3.63) is 48.0 Å². The van der Waals surface area contributed by atoms with E-state index in [1.807, 2.05) is 10.6 Å². The average Bonchev–Trinajstić information content (AvgIpc) is 2.86. The molecule has 0 unspecified atom stereocenters. The lowest BCUT2D eigenvalue weighted by molar-refractivity contribution is -0.116. The molecule has 0 spiro atoms. The molecule has 2 rings (SSSR count). The molecular formula is C15H16N4O. The maximum Gasteiger partial charge on any atom is 0.244 e. The minimum atomic E-state index is -0.129. The molecule has 1 aromatic heterocycles. The Morgan fingerprint density at radius 2 is 2.35 bits per heavy atom. The summed E-state index contributed by atoms with van der Waals surface area (Å²) < 4.78 is 1.84. The summed E-state index contributed by atoms with van der Waals surface area (Å²) in [5.74, 6) is 0.781. The molecule has 0 atom stereocenters. The summed E-state index contributed by atoms with van der Waals surface area (Å²) in [6, 6.07) is 8.90. The van der Waals surface area contributed by atoms with Gasteiger partial charge in [-0.1, -0.05) is 13.0 Å². The minimum absolute atomic E-state index is 0.129. The average molecular weight is 268 g/mol. The van der Waals surface area contributed by atoms with Crippen molar-refractivity contribution in [2.45, 2.75) is 26.3 Å². The lowest BCUT2D eigenvalue weighted by atomic mass is 10.2. The molecule has 1 heterocycles. The van der Waals surface area contributed by atoms with Crippen LogP contribution in [-0.2, 0) is 17.8 Å². The number of hydrogen-bond donors (Lipinski definition) is 1. The van der Waals surface area contributed by atoms with Gasteiger partial charge in [0.05, 0.1) is 11.6 Å². The zero-order valence-corrected chi connectivity index (χ0v) is 11.3. The van der Waals surface area contributed by atoms with E-state index < -0.39 is 0 Å². The topological polar surface area (TPSA) is 70.7 Å². The fraction of sp³-hybridized carbons (Fsp3) is 0.267. The van der Waals surface area contributed by atoms with E-state index in [4.69, 9.17) is 5.26 Å². The number of hydrogen-bond acceptors (Lipinski definition) is 3. The van der Waals surface area contributed by atoms with Crippen LogP contribution >= 0.6 is 0 Å². The van der Waals surface area contributed by atoms with E-state index in [9.17, 15) is 4.79 Å². The third-order valence-corrected chi connectivity index (χ3v) is 2.86. The van der Waals surface area contributed by atoms with Gasteiger partial charge in [-0.15, -0.1) is 0 Å². The SMILES string of the molecule is CCCc1nccn1CC(=O)Nc1cccc(C#N)c1. The van der Waals surface area contributed by atoms with Crippen LogP contribution in [0.3, 0.4) is 0 Å². The number of rotatable bonds is 5. The van der Waals surface area contributed by atoms with E-state index >= 15 is 0 Å². The molecular weight excluding hydrogens is 252 g/mol. The number of nitrogens with zero attached hydrogens (tertiary/aromatic N) is 3. The normalized spacial score (nSPS) is 10.0. The van der Waals surface area contributed by atoms with E-state index in [1.54, 1.807) is 36.7 Å². The van der Waals surface area contributed by atoms with Crippen molar-refractivity contribution in [3.63, 3.8) is 0 Å². The Kier molecular flexibility index (Phi) is 4.51. The number of benzene rings is 1. The lowest BCUT2D eigenvalue weighted by Crippen LogP contribution is -2.19. The Morgan fingerprint density at radius 1 is 1.50 bits per heavy atom. The largest absolute Gasteiger partial charge is 0.326 e. The Hall–Kier alpha value is -2.61. The van der Waals surface area contributed by atoms with Gasteiger partial charge in [0.2, 0.25) is 5.91 Å². The monoisotopic (exact) mass is 268 g/mol. The highest BCUT2D eigenvalue weighted by Crippen LogP contribution is 2.10. The van der Waals surface area contributed by atoms with Gasteiger partial charge in [0.25, 0.3) is 0 Å². The zero-order chi connectivity index (χ0) is 14.4. The van der Waals surface area contributed by atoms with Gasteiger partial charge < -0.3 is 9.88 Å². The second-order valence-corrected chi connectivity index (χ2v) is 4.46. The van der Waals surface area contributed by atoms with Gasteiger partial charge >= 0.3 is 0 Å². The molecule has 5 heteroatoms. The molecule has 102 valence electrons. The van der Waals surface area contributed by atoms with Crippen molar-refractivity contribution >= 4 is 11.6 Å². The van der Waals surface area contributed by atoms with Crippen LogP contribution in [0, 0.1) is 11.3 Å². The van der Waals surface area contributed by atoms with Gasteiger partial charge in [-0.25, -0.2) is 4.98 Å². The number of nitrogens with one attached hydrogen (secondary N) is 1. The molecule has 0 fully saturated rings. The summed E-state index contributed by atoms with van der Waals surface area (Å²) in [5, 5.41) is 11.6. The molecule has 0 aliphatic heterocycles. The minimum Gasteiger partial charge on any atom is -0.326 e. The highest BCUT2D eigenvalue weighted by molar-refractivity contribution is 5.90. The van der Waals surface area contributed by atoms with Crippen molar-refractivity contribution in [3.8, 4) is 6.07 Å². The quantitative estimate of drug-likeness (QED) is 0.904. The summed E-state index contributed by atoms with van der Waals surface area (Å²) in [7, 11) is 0. The molecule has 1 N–H and O–H groups in total. The van der Waals surface area contributed by atoms with Gasteiger partial charge in [0.1, 0.15) is 12.4 Å². The van der Waals surface area contributed by atoms with Crippen LogP contribution in [0.1, 0.15) is 24.7 Å².